The second-order valence-corrected chi connectivity index (χ2v) is 7.36. The van der Waals surface area contributed by atoms with Gasteiger partial charge in [0.15, 0.2) is 5.78 Å². The number of nitrogens with zero attached hydrogens (tertiary/aromatic N) is 1. The van der Waals surface area contributed by atoms with Crippen LogP contribution in [0.5, 0.6) is 11.5 Å². The number of benzene rings is 2. The summed E-state index contributed by atoms with van der Waals surface area (Å²) in [6, 6.07) is 9.25. The lowest BCUT2D eigenvalue weighted by Gasteiger charge is -2.26. The molecule has 0 radical (unpaired) electrons. The zero-order chi connectivity index (χ0) is 20.9. The maximum Gasteiger partial charge on any atom is 0.194 e. The van der Waals surface area contributed by atoms with Gasteiger partial charge in [0, 0.05) is 48.0 Å². The summed E-state index contributed by atoms with van der Waals surface area (Å²) in [5, 5.41) is 0. The molecule has 31 heavy (non-hydrogen) atoms. The van der Waals surface area contributed by atoms with Gasteiger partial charge in [-0.15, -0.1) is 12.4 Å². The number of ketones is 1. The van der Waals surface area contributed by atoms with Gasteiger partial charge in [0.1, 0.15) is 11.5 Å². The van der Waals surface area contributed by atoms with Crippen molar-refractivity contribution in [3.63, 3.8) is 0 Å². The molecule has 168 valence electrons. The fourth-order valence-corrected chi connectivity index (χ4v) is 3.86. The molecule has 1 N–H and O–H groups in total. The Morgan fingerprint density at radius 2 is 1.90 bits per heavy atom. The second kappa shape index (κ2) is 10.8. The van der Waals surface area contributed by atoms with Crippen LogP contribution in [-0.2, 0) is 9.57 Å². The maximum atomic E-state index is 13.1. The van der Waals surface area contributed by atoms with E-state index in [-0.39, 0.29) is 18.2 Å². The van der Waals surface area contributed by atoms with Gasteiger partial charge in [-0.1, -0.05) is 19.1 Å². The van der Waals surface area contributed by atoms with Crippen molar-refractivity contribution in [2.75, 3.05) is 58.7 Å². The van der Waals surface area contributed by atoms with E-state index in [1.807, 2.05) is 31.2 Å². The van der Waals surface area contributed by atoms with Gasteiger partial charge in [0.05, 0.1) is 39.2 Å². The smallest absolute Gasteiger partial charge is 0.194 e. The molecule has 2 aromatic rings. The molecule has 2 aromatic carbocycles. The zero-order valence-corrected chi connectivity index (χ0v) is 18.8. The van der Waals surface area contributed by atoms with Gasteiger partial charge in [0.25, 0.3) is 0 Å². The van der Waals surface area contributed by atoms with Crippen LogP contribution in [0.15, 0.2) is 30.3 Å². The van der Waals surface area contributed by atoms with Crippen LogP contribution in [0, 0.1) is 0 Å². The Bertz CT molecular complexity index is 915. The highest BCUT2D eigenvalue weighted by Crippen LogP contribution is 2.48. The number of methoxy groups -OCH3 is 1. The Morgan fingerprint density at radius 3 is 2.65 bits per heavy atom. The topological polar surface area (TPSA) is 69.3 Å². The van der Waals surface area contributed by atoms with Gasteiger partial charge >= 0.3 is 0 Å². The zero-order valence-electron chi connectivity index (χ0n) is 17.9. The largest absolute Gasteiger partial charge is 0.496 e. The molecule has 4 rings (SSSR count). The predicted octanol–water partition coefficient (Wildman–Crippen LogP) is 3.79. The van der Waals surface area contributed by atoms with E-state index in [4.69, 9.17) is 19.0 Å². The fourth-order valence-electron chi connectivity index (χ4n) is 3.86. The van der Waals surface area contributed by atoms with Crippen LogP contribution < -0.4 is 15.0 Å². The quantitative estimate of drug-likeness (QED) is 0.394. The van der Waals surface area contributed by atoms with Crippen molar-refractivity contribution in [3.05, 3.63) is 41.5 Å². The van der Waals surface area contributed by atoms with Crippen molar-refractivity contribution >= 4 is 23.9 Å². The van der Waals surface area contributed by atoms with Gasteiger partial charge in [-0.05, 0) is 18.6 Å². The number of rotatable bonds is 9. The van der Waals surface area contributed by atoms with Gasteiger partial charge in [-0.3, -0.25) is 20.0 Å². The standard InChI is InChI=1S/C23H28N2O5.ClH/c1-3-10-29-16-14-18-22(20(15-16)27-2)21-17(23(18)26)5-4-6-19(21)24-30-13-9-25-7-11-28-12-8-25;/h4-6,14-15,24H,3,7-13H2,1-2H3;1H. The molecule has 0 unspecified atom stereocenters. The summed E-state index contributed by atoms with van der Waals surface area (Å²) in [7, 11) is 1.61. The molecule has 2 aliphatic rings. The molecule has 8 heteroatoms. The molecule has 0 saturated carbocycles. The molecule has 1 fully saturated rings. The minimum absolute atomic E-state index is 0. The summed E-state index contributed by atoms with van der Waals surface area (Å²) in [6.07, 6.45) is 0.892. The minimum Gasteiger partial charge on any atom is -0.496 e. The molecule has 0 atom stereocenters. The molecule has 1 aliphatic heterocycles. The van der Waals surface area contributed by atoms with Crippen molar-refractivity contribution in [2.24, 2.45) is 0 Å². The van der Waals surface area contributed by atoms with Crippen LogP contribution in [0.1, 0.15) is 29.3 Å². The van der Waals surface area contributed by atoms with E-state index in [2.05, 4.69) is 10.4 Å². The Morgan fingerprint density at radius 1 is 1.10 bits per heavy atom. The molecule has 1 aliphatic carbocycles. The van der Waals surface area contributed by atoms with E-state index in [9.17, 15) is 4.79 Å². The first kappa shape index (κ1) is 23.3. The third kappa shape index (κ3) is 4.96. The van der Waals surface area contributed by atoms with Crippen molar-refractivity contribution in [2.45, 2.75) is 13.3 Å². The molecule has 7 nitrogen and oxygen atoms in total. The molecule has 0 amide bonds. The first-order valence-electron chi connectivity index (χ1n) is 10.4. The Hall–Kier alpha value is -2.32. The van der Waals surface area contributed by atoms with Crippen LogP contribution in [-0.4, -0.2) is 63.9 Å². The summed E-state index contributed by atoms with van der Waals surface area (Å²) in [4.78, 5) is 21.1. The van der Waals surface area contributed by atoms with E-state index < -0.39 is 0 Å². The van der Waals surface area contributed by atoms with Gasteiger partial charge in [0.2, 0.25) is 0 Å². The number of carbonyl (C=O) groups is 1. The molecule has 0 bridgehead atoms. The van der Waals surface area contributed by atoms with Crippen LogP contribution in [0.25, 0.3) is 11.1 Å². The monoisotopic (exact) mass is 448 g/mol. The lowest BCUT2D eigenvalue weighted by molar-refractivity contribution is 0.0261. The summed E-state index contributed by atoms with van der Waals surface area (Å²) in [5.41, 5.74) is 6.62. The summed E-state index contributed by atoms with van der Waals surface area (Å²) in [6.45, 7) is 7.37. The van der Waals surface area contributed by atoms with E-state index in [0.717, 1.165) is 56.1 Å². The number of fused-ring (bicyclic) bond motifs is 3. The average Bonchev–Trinajstić information content (AvgIpc) is 3.08. The second-order valence-electron chi connectivity index (χ2n) is 7.36. The molecule has 1 heterocycles. The van der Waals surface area contributed by atoms with Crippen molar-refractivity contribution in [3.8, 4) is 22.6 Å². The van der Waals surface area contributed by atoms with E-state index in [0.29, 0.717) is 35.8 Å². The molecular weight excluding hydrogens is 420 g/mol. The van der Waals surface area contributed by atoms with Gasteiger partial charge in [-0.25, -0.2) is 0 Å². The maximum absolute atomic E-state index is 13.1. The highest BCUT2D eigenvalue weighted by atomic mass is 35.5. The number of nitrogens with one attached hydrogen (secondary N) is 1. The lowest BCUT2D eigenvalue weighted by Crippen LogP contribution is -2.38. The Kier molecular flexibility index (Phi) is 8.15. The average molecular weight is 449 g/mol. The van der Waals surface area contributed by atoms with Crippen LogP contribution in [0.4, 0.5) is 5.69 Å². The molecule has 0 spiro atoms. The van der Waals surface area contributed by atoms with E-state index >= 15 is 0 Å². The number of carbonyl (C=O) groups excluding carboxylic acids is 1. The number of morpholine rings is 1. The number of hydrogen-bond donors (Lipinski definition) is 1. The highest BCUT2D eigenvalue weighted by Gasteiger charge is 2.32. The lowest BCUT2D eigenvalue weighted by atomic mass is 10.0. The Balaban J connectivity index is 0.00000272. The normalized spacial score (nSPS) is 15.1. The van der Waals surface area contributed by atoms with Crippen LogP contribution >= 0.6 is 12.4 Å². The Labute approximate surface area is 189 Å². The highest BCUT2D eigenvalue weighted by molar-refractivity contribution is 6.24. The summed E-state index contributed by atoms with van der Waals surface area (Å²) < 4.78 is 16.7. The molecular formula is C23H29ClN2O5. The van der Waals surface area contributed by atoms with Crippen LogP contribution in [0.3, 0.4) is 0 Å². The van der Waals surface area contributed by atoms with Gasteiger partial charge < -0.3 is 14.2 Å². The van der Waals surface area contributed by atoms with E-state index in [1.165, 1.54) is 0 Å². The summed E-state index contributed by atoms with van der Waals surface area (Å²) in [5.74, 6) is 1.23. The van der Waals surface area contributed by atoms with E-state index in [1.54, 1.807) is 13.2 Å². The minimum atomic E-state index is -0.0304. The fraction of sp³-hybridized carbons (Fsp3) is 0.435. The van der Waals surface area contributed by atoms with Crippen molar-refractivity contribution < 1.29 is 23.8 Å². The molecule has 0 aromatic heterocycles. The van der Waals surface area contributed by atoms with Crippen molar-refractivity contribution in [1.29, 1.82) is 0 Å². The third-order valence-electron chi connectivity index (χ3n) is 5.37. The molecule has 1 saturated heterocycles. The number of ether oxygens (including phenoxy) is 3. The first-order valence-corrected chi connectivity index (χ1v) is 10.4. The third-order valence-corrected chi connectivity index (χ3v) is 5.37. The van der Waals surface area contributed by atoms with Crippen LogP contribution in [0.2, 0.25) is 0 Å². The summed E-state index contributed by atoms with van der Waals surface area (Å²) >= 11 is 0. The number of anilines is 1. The number of hydrogen-bond acceptors (Lipinski definition) is 7. The number of halogens is 1. The predicted molar refractivity (Wildman–Crippen MR) is 122 cm³/mol. The van der Waals surface area contributed by atoms with Gasteiger partial charge in [-0.2, -0.15) is 0 Å². The SMILES string of the molecule is CCCOc1cc(OC)c2c(c1)C(=O)c1cccc(NOCCN3CCOCC3)c1-2.Cl. The van der Waals surface area contributed by atoms with Crippen molar-refractivity contribution in [1.82, 2.24) is 4.90 Å². The first-order chi connectivity index (χ1) is 14.7.